The SMILES string of the molecule is CC(C)(C)OC(=O)n1ccc2cc(C=CCCBr)ccc21. The third-order valence-corrected chi connectivity index (χ3v) is 3.35. The molecule has 2 rings (SSSR count). The highest BCUT2D eigenvalue weighted by Crippen LogP contribution is 2.20. The molecule has 0 amide bonds. The Kier molecular flexibility index (Phi) is 4.88. The second kappa shape index (κ2) is 6.48. The van der Waals surface area contributed by atoms with Gasteiger partial charge in [0.05, 0.1) is 5.52 Å². The van der Waals surface area contributed by atoms with E-state index in [2.05, 4.69) is 34.1 Å². The lowest BCUT2D eigenvalue weighted by molar-refractivity contribution is 0.0544. The number of carbonyl (C=O) groups is 1. The molecule has 4 heteroatoms. The molecule has 3 nitrogen and oxygen atoms in total. The average Bonchev–Trinajstić information content (AvgIpc) is 2.80. The quantitative estimate of drug-likeness (QED) is 0.711. The molecule has 0 saturated carbocycles. The second-order valence-corrected chi connectivity index (χ2v) is 6.66. The number of fused-ring (bicyclic) bond motifs is 1. The van der Waals surface area contributed by atoms with E-state index in [0.29, 0.717) is 0 Å². The summed E-state index contributed by atoms with van der Waals surface area (Å²) in [5, 5.41) is 1.99. The first-order chi connectivity index (χ1) is 9.90. The minimum atomic E-state index is -0.494. The number of halogens is 1. The van der Waals surface area contributed by atoms with Crippen LogP contribution in [0.2, 0.25) is 0 Å². The van der Waals surface area contributed by atoms with Crippen LogP contribution in [0.5, 0.6) is 0 Å². The lowest BCUT2D eigenvalue weighted by Crippen LogP contribution is -2.26. The van der Waals surface area contributed by atoms with Crippen molar-refractivity contribution in [3.05, 3.63) is 42.1 Å². The Morgan fingerprint density at radius 2 is 2.10 bits per heavy atom. The van der Waals surface area contributed by atoms with Crippen molar-refractivity contribution in [3.8, 4) is 0 Å². The van der Waals surface area contributed by atoms with Gasteiger partial charge < -0.3 is 4.74 Å². The lowest BCUT2D eigenvalue weighted by Gasteiger charge is -2.19. The molecular weight excluding hydrogens is 330 g/mol. The average molecular weight is 350 g/mol. The Labute approximate surface area is 133 Å². The van der Waals surface area contributed by atoms with Gasteiger partial charge in [0.2, 0.25) is 0 Å². The highest BCUT2D eigenvalue weighted by Gasteiger charge is 2.18. The third-order valence-electron chi connectivity index (χ3n) is 2.89. The molecule has 0 atom stereocenters. The molecule has 1 aromatic heterocycles. The van der Waals surface area contributed by atoms with E-state index in [1.807, 2.05) is 39.0 Å². The van der Waals surface area contributed by atoms with E-state index in [4.69, 9.17) is 4.74 Å². The fourth-order valence-electron chi connectivity index (χ4n) is 2.02. The maximum absolute atomic E-state index is 12.2. The number of rotatable bonds is 3. The number of nitrogens with zero attached hydrogens (tertiary/aromatic N) is 1. The highest BCUT2D eigenvalue weighted by atomic mass is 79.9. The summed E-state index contributed by atoms with van der Waals surface area (Å²) in [6, 6.07) is 7.96. The third kappa shape index (κ3) is 4.21. The van der Waals surface area contributed by atoms with E-state index >= 15 is 0 Å². The van der Waals surface area contributed by atoms with Gasteiger partial charge in [0.15, 0.2) is 0 Å². The molecule has 1 heterocycles. The Bertz CT molecular complexity index is 665. The minimum Gasteiger partial charge on any atom is -0.443 e. The monoisotopic (exact) mass is 349 g/mol. The van der Waals surface area contributed by atoms with Gasteiger partial charge in [0, 0.05) is 16.9 Å². The van der Waals surface area contributed by atoms with Crippen LogP contribution in [0.25, 0.3) is 17.0 Å². The second-order valence-electron chi connectivity index (χ2n) is 5.86. The number of benzene rings is 1. The van der Waals surface area contributed by atoms with E-state index in [9.17, 15) is 4.79 Å². The number of hydrogen-bond acceptors (Lipinski definition) is 2. The molecule has 0 aliphatic carbocycles. The summed E-state index contributed by atoms with van der Waals surface area (Å²) in [6.45, 7) is 5.59. The van der Waals surface area contributed by atoms with Crippen molar-refractivity contribution in [3.63, 3.8) is 0 Å². The van der Waals surface area contributed by atoms with Gasteiger partial charge in [-0.2, -0.15) is 0 Å². The number of alkyl halides is 1. The van der Waals surface area contributed by atoms with Crippen LogP contribution in [-0.2, 0) is 4.74 Å². The zero-order chi connectivity index (χ0) is 15.5. The van der Waals surface area contributed by atoms with Gasteiger partial charge in [-0.05, 0) is 51.0 Å². The van der Waals surface area contributed by atoms with Crippen LogP contribution in [0, 0.1) is 0 Å². The standard InChI is InChI=1S/C17H20BrNO2/c1-17(2,3)21-16(20)19-11-9-14-12-13(6-4-5-10-18)7-8-15(14)19/h4,6-9,11-12H,5,10H2,1-3H3. The Morgan fingerprint density at radius 1 is 1.33 bits per heavy atom. The van der Waals surface area contributed by atoms with Crippen molar-refractivity contribution < 1.29 is 9.53 Å². The molecule has 0 saturated heterocycles. The van der Waals surface area contributed by atoms with Crippen molar-refractivity contribution in [2.75, 3.05) is 5.33 Å². The van der Waals surface area contributed by atoms with Crippen LogP contribution < -0.4 is 0 Å². The largest absolute Gasteiger partial charge is 0.443 e. The number of ether oxygens (including phenoxy) is 1. The Hall–Kier alpha value is -1.55. The molecule has 1 aromatic carbocycles. The van der Waals surface area contributed by atoms with Crippen molar-refractivity contribution in [1.29, 1.82) is 0 Å². The molecule has 0 N–H and O–H groups in total. The highest BCUT2D eigenvalue weighted by molar-refractivity contribution is 9.09. The van der Waals surface area contributed by atoms with Gasteiger partial charge in [-0.3, -0.25) is 4.57 Å². The molecule has 0 aliphatic rings. The smallest absolute Gasteiger partial charge is 0.418 e. The van der Waals surface area contributed by atoms with Gasteiger partial charge in [0.25, 0.3) is 0 Å². The van der Waals surface area contributed by atoms with E-state index < -0.39 is 5.60 Å². The fraction of sp³-hybridized carbons (Fsp3) is 0.353. The molecule has 112 valence electrons. The predicted octanol–water partition coefficient (Wildman–Crippen LogP) is 5.22. The summed E-state index contributed by atoms with van der Waals surface area (Å²) in [7, 11) is 0. The first-order valence-electron chi connectivity index (χ1n) is 6.98. The molecule has 0 fully saturated rings. The first kappa shape index (κ1) is 15.8. The summed E-state index contributed by atoms with van der Waals surface area (Å²) < 4.78 is 6.95. The molecule has 0 radical (unpaired) electrons. The van der Waals surface area contributed by atoms with Crippen LogP contribution in [0.3, 0.4) is 0 Å². The summed E-state index contributed by atoms with van der Waals surface area (Å²) in [6.07, 6.45) is 6.62. The zero-order valence-electron chi connectivity index (χ0n) is 12.6. The van der Waals surface area contributed by atoms with Gasteiger partial charge >= 0.3 is 6.09 Å². The number of allylic oxidation sites excluding steroid dienone is 1. The Balaban J connectivity index is 2.27. The topological polar surface area (TPSA) is 31.2 Å². The summed E-state index contributed by atoms with van der Waals surface area (Å²) in [5.41, 5.74) is 1.50. The van der Waals surface area contributed by atoms with E-state index in [1.54, 1.807) is 10.8 Å². The van der Waals surface area contributed by atoms with Crippen molar-refractivity contribution >= 4 is 39.0 Å². The summed E-state index contributed by atoms with van der Waals surface area (Å²) in [5.74, 6) is 0. The number of carbonyl (C=O) groups excluding carboxylic acids is 1. The van der Waals surface area contributed by atoms with Crippen LogP contribution in [-0.4, -0.2) is 21.6 Å². The van der Waals surface area contributed by atoms with Crippen molar-refractivity contribution in [2.45, 2.75) is 32.8 Å². The number of hydrogen-bond donors (Lipinski definition) is 0. The van der Waals surface area contributed by atoms with Gasteiger partial charge in [-0.1, -0.05) is 34.1 Å². The molecule has 0 aliphatic heterocycles. The molecule has 2 aromatic rings. The van der Waals surface area contributed by atoms with E-state index in [0.717, 1.165) is 28.2 Å². The molecule has 21 heavy (non-hydrogen) atoms. The lowest BCUT2D eigenvalue weighted by atomic mass is 10.1. The van der Waals surface area contributed by atoms with E-state index in [1.165, 1.54) is 0 Å². The van der Waals surface area contributed by atoms with Crippen LogP contribution in [0.15, 0.2) is 36.5 Å². The first-order valence-corrected chi connectivity index (χ1v) is 8.10. The van der Waals surface area contributed by atoms with Gasteiger partial charge in [-0.15, -0.1) is 0 Å². The number of aromatic nitrogens is 1. The zero-order valence-corrected chi connectivity index (χ0v) is 14.2. The summed E-state index contributed by atoms with van der Waals surface area (Å²) >= 11 is 3.40. The molecular formula is C17H20BrNO2. The molecule has 0 bridgehead atoms. The maximum atomic E-state index is 12.2. The predicted molar refractivity (Wildman–Crippen MR) is 91.0 cm³/mol. The van der Waals surface area contributed by atoms with Crippen molar-refractivity contribution in [1.82, 2.24) is 4.57 Å². The van der Waals surface area contributed by atoms with Crippen LogP contribution in [0.1, 0.15) is 32.8 Å². The van der Waals surface area contributed by atoms with E-state index in [-0.39, 0.29) is 6.09 Å². The maximum Gasteiger partial charge on any atom is 0.418 e. The molecule has 0 unspecified atom stereocenters. The van der Waals surface area contributed by atoms with Crippen molar-refractivity contribution in [2.24, 2.45) is 0 Å². The molecule has 0 spiro atoms. The van der Waals surface area contributed by atoms with Gasteiger partial charge in [0.1, 0.15) is 5.60 Å². The Morgan fingerprint density at radius 3 is 2.76 bits per heavy atom. The minimum absolute atomic E-state index is 0.347. The van der Waals surface area contributed by atoms with Gasteiger partial charge in [-0.25, -0.2) is 4.79 Å². The normalized spacial score (nSPS) is 12.2. The fourth-order valence-corrected chi connectivity index (χ4v) is 2.28. The van der Waals surface area contributed by atoms with Crippen LogP contribution >= 0.6 is 15.9 Å². The van der Waals surface area contributed by atoms with Crippen LogP contribution in [0.4, 0.5) is 4.79 Å². The summed E-state index contributed by atoms with van der Waals surface area (Å²) in [4.78, 5) is 12.2.